The van der Waals surface area contributed by atoms with Crippen LogP contribution in [-0.2, 0) is 4.74 Å². The summed E-state index contributed by atoms with van der Waals surface area (Å²) in [5, 5.41) is 3.33. The number of methoxy groups -OCH3 is 1. The summed E-state index contributed by atoms with van der Waals surface area (Å²) in [6, 6.07) is 13.1. The molecule has 1 aromatic heterocycles. The summed E-state index contributed by atoms with van der Waals surface area (Å²) >= 11 is 0. The fraction of sp³-hybridized carbons (Fsp3) is 0.200. The Labute approximate surface area is 112 Å². The van der Waals surface area contributed by atoms with Gasteiger partial charge in [0.2, 0.25) is 0 Å². The van der Waals surface area contributed by atoms with Gasteiger partial charge >= 0.3 is 5.97 Å². The fourth-order valence-electron chi connectivity index (χ4n) is 1.78. The van der Waals surface area contributed by atoms with Gasteiger partial charge < -0.3 is 10.1 Å². The molecule has 0 aliphatic carbocycles. The molecular weight excluding hydrogens is 240 g/mol. The lowest BCUT2D eigenvalue weighted by molar-refractivity contribution is 0.0601. The Morgan fingerprint density at radius 2 is 1.95 bits per heavy atom. The molecule has 1 heterocycles. The van der Waals surface area contributed by atoms with Crippen molar-refractivity contribution in [3.8, 4) is 0 Å². The number of benzene rings is 1. The first-order valence-electron chi connectivity index (χ1n) is 6.06. The molecule has 0 radical (unpaired) electrons. The Morgan fingerprint density at radius 1 is 1.21 bits per heavy atom. The first-order valence-corrected chi connectivity index (χ1v) is 6.06. The smallest absolute Gasteiger partial charge is 0.337 e. The van der Waals surface area contributed by atoms with Gasteiger partial charge in [-0.2, -0.15) is 0 Å². The molecule has 1 unspecified atom stereocenters. The number of nitrogens with one attached hydrogen (secondary N) is 1. The highest BCUT2D eigenvalue weighted by atomic mass is 16.5. The number of carbonyl (C=O) groups excluding carboxylic acids is 1. The van der Waals surface area contributed by atoms with E-state index >= 15 is 0 Å². The Bertz CT molecular complexity index is 538. The standard InChI is InChI=1S/C15H16N2O2/c1-11(14-5-3-4-10-16-14)17-13-8-6-12(7-9-13)15(18)19-2/h3-11,17H,1-2H3. The minimum atomic E-state index is -0.329. The van der Waals surface area contributed by atoms with E-state index in [1.165, 1.54) is 7.11 Å². The Kier molecular flexibility index (Phi) is 4.13. The van der Waals surface area contributed by atoms with Gasteiger partial charge in [-0.05, 0) is 43.3 Å². The van der Waals surface area contributed by atoms with E-state index in [0.717, 1.165) is 11.4 Å². The van der Waals surface area contributed by atoms with Gasteiger partial charge in [-0.3, -0.25) is 4.98 Å². The largest absolute Gasteiger partial charge is 0.465 e. The number of aromatic nitrogens is 1. The van der Waals surface area contributed by atoms with E-state index < -0.39 is 0 Å². The van der Waals surface area contributed by atoms with Crippen LogP contribution in [0.15, 0.2) is 48.7 Å². The molecular formula is C15H16N2O2. The van der Waals surface area contributed by atoms with Crippen molar-refractivity contribution in [2.24, 2.45) is 0 Å². The van der Waals surface area contributed by atoms with Crippen LogP contribution in [0.3, 0.4) is 0 Å². The maximum Gasteiger partial charge on any atom is 0.337 e. The normalized spacial score (nSPS) is 11.7. The van der Waals surface area contributed by atoms with Crippen molar-refractivity contribution in [2.75, 3.05) is 12.4 Å². The number of rotatable bonds is 4. The molecule has 0 fully saturated rings. The molecule has 0 bridgehead atoms. The molecule has 0 saturated carbocycles. The highest BCUT2D eigenvalue weighted by Crippen LogP contribution is 2.18. The predicted molar refractivity (Wildman–Crippen MR) is 74.1 cm³/mol. The zero-order valence-electron chi connectivity index (χ0n) is 11.0. The molecule has 0 saturated heterocycles. The van der Waals surface area contributed by atoms with Gasteiger partial charge in [-0.15, -0.1) is 0 Å². The molecule has 0 aliphatic rings. The number of anilines is 1. The third kappa shape index (κ3) is 3.31. The number of nitrogens with zero attached hydrogens (tertiary/aromatic N) is 1. The Morgan fingerprint density at radius 3 is 2.53 bits per heavy atom. The van der Waals surface area contributed by atoms with Crippen LogP contribution in [-0.4, -0.2) is 18.1 Å². The van der Waals surface area contributed by atoms with Crippen LogP contribution in [0.2, 0.25) is 0 Å². The van der Waals surface area contributed by atoms with E-state index in [9.17, 15) is 4.79 Å². The van der Waals surface area contributed by atoms with E-state index in [1.54, 1.807) is 18.3 Å². The van der Waals surface area contributed by atoms with Crippen molar-refractivity contribution in [3.05, 3.63) is 59.9 Å². The van der Waals surface area contributed by atoms with Crippen molar-refractivity contribution in [3.63, 3.8) is 0 Å². The lowest BCUT2D eigenvalue weighted by atomic mass is 10.1. The van der Waals surface area contributed by atoms with Gasteiger partial charge in [-0.25, -0.2) is 4.79 Å². The van der Waals surface area contributed by atoms with E-state index in [0.29, 0.717) is 5.56 Å². The summed E-state index contributed by atoms with van der Waals surface area (Å²) in [7, 11) is 1.37. The van der Waals surface area contributed by atoms with Crippen LogP contribution in [0.25, 0.3) is 0 Å². The highest BCUT2D eigenvalue weighted by molar-refractivity contribution is 5.89. The molecule has 0 spiro atoms. The second-order valence-corrected chi connectivity index (χ2v) is 4.19. The van der Waals surface area contributed by atoms with Crippen molar-refractivity contribution >= 4 is 11.7 Å². The molecule has 2 aromatic rings. The Balaban J connectivity index is 2.06. The summed E-state index contributed by atoms with van der Waals surface area (Å²) in [5.41, 5.74) is 2.45. The zero-order valence-corrected chi connectivity index (χ0v) is 11.0. The summed E-state index contributed by atoms with van der Waals surface area (Å²) in [6.07, 6.45) is 1.77. The first kappa shape index (κ1) is 13.1. The van der Waals surface area contributed by atoms with E-state index in [1.807, 2.05) is 37.3 Å². The fourth-order valence-corrected chi connectivity index (χ4v) is 1.78. The van der Waals surface area contributed by atoms with Crippen molar-refractivity contribution < 1.29 is 9.53 Å². The molecule has 19 heavy (non-hydrogen) atoms. The van der Waals surface area contributed by atoms with Gasteiger partial charge in [0.1, 0.15) is 0 Å². The van der Waals surface area contributed by atoms with Gasteiger partial charge in [0, 0.05) is 11.9 Å². The lowest BCUT2D eigenvalue weighted by Crippen LogP contribution is -2.08. The molecule has 1 aromatic carbocycles. The van der Waals surface area contributed by atoms with E-state index in [2.05, 4.69) is 15.0 Å². The van der Waals surface area contributed by atoms with Crippen LogP contribution in [0.5, 0.6) is 0 Å². The molecule has 0 amide bonds. The average Bonchev–Trinajstić information content (AvgIpc) is 2.48. The van der Waals surface area contributed by atoms with Crippen LogP contribution in [0.1, 0.15) is 29.0 Å². The minimum absolute atomic E-state index is 0.102. The number of ether oxygens (including phenoxy) is 1. The van der Waals surface area contributed by atoms with Crippen molar-refractivity contribution in [1.29, 1.82) is 0 Å². The molecule has 4 nitrogen and oxygen atoms in total. The number of hydrogen-bond acceptors (Lipinski definition) is 4. The van der Waals surface area contributed by atoms with Gasteiger partial charge in [0.15, 0.2) is 0 Å². The van der Waals surface area contributed by atoms with Gasteiger partial charge in [0.05, 0.1) is 24.4 Å². The quantitative estimate of drug-likeness (QED) is 0.854. The monoisotopic (exact) mass is 256 g/mol. The second kappa shape index (κ2) is 6.00. The van der Waals surface area contributed by atoms with Gasteiger partial charge in [0.25, 0.3) is 0 Å². The SMILES string of the molecule is COC(=O)c1ccc(NC(C)c2ccccn2)cc1. The second-order valence-electron chi connectivity index (χ2n) is 4.19. The molecule has 1 atom stereocenters. The predicted octanol–water partition coefficient (Wildman–Crippen LogP) is 3.04. The summed E-state index contributed by atoms with van der Waals surface area (Å²) in [6.45, 7) is 2.04. The minimum Gasteiger partial charge on any atom is -0.465 e. The van der Waals surface area contributed by atoms with Crippen LogP contribution in [0, 0.1) is 0 Å². The van der Waals surface area contributed by atoms with E-state index in [4.69, 9.17) is 0 Å². The Hall–Kier alpha value is -2.36. The van der Waals surface area contributed by atoms with Crippen LogP contribution >= 0.6 is 0 Å². The molecule has 98 valence electrons. The number of hydrogen-bond donors (Lipinski definition) is 1. The molecule has 4 heteroatoms. The van der Waals surface area contributed by atoms with Gasteiger partial charge in [-0.1, -0.05) is 6.07 Å². The highest BCUT2D eigenvalue weighted by Gasteiger charge is 2.07. The van der Waals surface area contributed by atoms with Crippen LogP contribution in [0.4, 0.5) is 5.69 Å². The third-order valence-electron chi connectivity index (χ3n) is 2.82. The molecule has 0 aliphatic heterocycles. The average molecular weight is 256 g/mol. The number of carbonyl (C=O) groups is 1. The third-order valence-corrected chi connectivity index (χ3v) is 2.82. The summed E-state index contributed by atoms with van der Waals surface area (Å²) < 4.78 is 4.66. The van der Waals surface area contributed by atoms with Crippen LogP contribution < -0.4 is 5.32 Å². The molecule has 2 rings (SSSR count). The topological polar surface area (TPSA) is 51.2 Å². The maximum absolute atomic E-state index is 11.3. The number of esters is 1. The summed E-state index contributed by atoms with van der Waals surface area (Å²) in [4.78, 5) is 15.6. The lowest BCUT2D eigenvalue weighted by Gasteiger charge is -2.14. The van der Waals surface area contributed by atoms with E-state index in [-0.39, 0.29) is 12.0 Å². The zero-order chi connectivity index (χ0) is 13.7. The first-order chi connectivity index (χ1) is 9.20. The van der Waals surface area contributed by atoms with Crippen molar-refractivity contribution in [1.82, 2.24) is 4.98 Å². The summed E-state index contributed by atoms with van der Waals surface area (Å²) in [5.74, 6) is -0.329. The number of pyridine rings is 1. The van der Waals surface area contributed by atoms with Crippen molar-refractivity contribution in [2.45, 2.75) is 13.0 Å². The molecule has 1 N–H and O–H groups in total. The maximum atomic E-state index is 11.3.